The molecule has 0 radical (unpaired) electrons. The highest BCUT2D eigenvalue weighted by molar-refractivity contribution is 5.77. The molecule has 28 heavy (non-hydrogen) atoms. The minimum absolute atomic E-state index is 0.0276. The van der Waals surface area contributed by atoms with Crippen LogP contribution in [0.2, 0.25) is 0 Å². The molecule has 0 bridgehead atoms. The summed E-state index contributed by atoms with van der Waals surface area (Å²) in [5.74, 6) is 1.13. The van der Waals surface area contributed by atoms with Crippen LogP contribution < -0.4 is 4.74 Å². The highest BCUT2D eigenvalue weighted by atomic mass is 16.5. The fourth-order valence-corrected chi connectivity index (χ4v) is 2.84. The maximum Gasteiger partial charge on any atom is 0.236 e. The summed E-state index contributed by atoms with van der Waals surface area (Å²) < 4.78 is 10.4. The Labute approximate surface area is 163 Å². The van der Waals surface area contributed by atoms with Crippen LogP contribution in [0, 0.1) is 6.92 Å². The molecule has 0 fully saturated rings. The summed E-state index contributed by atoms with van der Waals surface area (Å²) in [6.45, 7) is 2.11. The van der Waals surface area contributed by atoms with E-state index in [9.17, 15) is 9.90 Å². The number of likely N-dealkylation sites (N-methyl/N-ethyl adjacent to an activating group) is 1. The first-order valence-electron chi connectivity index (χ1n) is 8.92. The minimum Gasteiger partial charge on any atom is -0.497 e. The van der Waals surface area contributed by atoms with Gasteiger partial charge >= 0.3 is 0 Å². The Balaban J connectivity index is 1.62. The highest BCUT2D eigenvalue weighted by Gasteiger charge is 2.19. The van der Waals surface area contributed by atoms with Crippen molar-refractivity contribution in [2.75, 3.05) is 20.7 Å². The quantitative estimate of drug-likeness (QED) is 0.677. The molecule has 0 aliphatic rings. The van der Waals surface area contributed by atoms with Crippen LogP contribution in [0.15, 0.2) is 53.1 Å². The summed E-state index contributed by atoms with van der Waals surface area (Å²) in [4.78, 5) is 18.2. The number of aromatic nitrogens is 2. The Morgan fingerprint density at radius 1 is 1.25 bits per heavy atom. The standard InChI is InChI=1S/C21H23N3O4/c1-14-7-4-5-10-17(14)21-22-19(28-23-21)12-20(26)24(2)13-18(25)15-8-6-9-16(11-15)27-3/h4-11,18,25H,12-13H2,1-3H3. The molecule has 0 saturated heterocycles. The zero-order valence-electron chi connectivity index (χ0n) is 16.1. The predicted molar refractivity (Wildman–Crippen MR) is 104 cm³/mol. The molecule has 1 heterocycles. The summed E-state index contributed by atoms with van der Waals surface area (Å²) in [5, 5.41) is 14.4. The van der Waals surface area contributed by atoms with E-state index in [0.29, 0.717) is 17.1 Å². The van der Waals surface area contributed by atoms with Crippen LogP contribution in [0.1, 0.15) is 23.1 Å². The van der Waals surface area contributed by atoms with E-state index in [0.717, 1.165) is 11.1 Å². The summed E-state index contributed by atoms with van der Waals surface area (Å²) in [5.41, 5.74) is 2.57. The fourth-order valence-electron chi connectivity index (χ4n) is 2.84. The SMILES string of the molecule is COc1cccc(C(O)CN(C)C(=O)Cc2nc(-c3ccccc3C)no2)c1. The van der Waals surface area contributed by atoms with Crippen molar-refractivity contribution in [1.82, 2.24) is 15.0 Å². The molecular formula is C21H23N3O4. The number of methoxy groups -OCH3 is 1. The largest absolute Gasteiger partial charge is 0.497 e. The Morgan fingerprint density at radius 2 is 2.04 bits per heavy atom. The lowest BCUT2D eigenvalue weighted by molar-refractivity contribution is -0.130. The van der Waals surface area contributed by atoms with Crippen molar-refractivity contribution < 1.29 is 19.2 Å². The van der Waals surface area contributed by atoms with Gasteiger partial charge in [-0.3, -0.25) is 4.79 Å². The number of aliphatic hydroxyl groups is 1. The number of hydrogen-bond acceptors (Lipinski definition) is 6. The molecule has 3 rings (SSSR count). The number of hydrogen-bond donors (Lipinski definition) is 1. The average Bonchev–Trinajstić information content (AvgIpc) is 3.16. The van der Waals surface area contributed by atoms with Crippen molar-refractivity contribution in [1.29, 1.82) is 0 Å². The van der Waals surface area contributed by atoms with Crippen LogP contribution in [0.3, 0.4) is 0 Å². The summed E-state index contributed by atoms with van der Waals surface area (Å²) in [6.07, 6.45) is -0.852. The third kappa shape index (κ3) is 4.55. The number of carbonyl (C=O) groups is 1. The van der Waals surface area contributed by atoms with Crippen molar-refractivity contribution in [3.05, 3.63) is 65.5 Å². The molecule has 1 unspecified atom stereocenters. The van der Waals surface area contributed by atoms with Crippen LogP contribution in [0.4, 0.5) is 0 Å². The monoisotopic (exact) mass is 381 g/mol. The molecular weight excluding hydrogens is 358 g/mol. The van der Waals surface area contributed by atoms with Crippen LogP contribution in [0.5, 0.6) is 5.75 Å². The van der Waals surface area contributed by atoms with Gasteiger partial charge in [0.2, 0.25) is 17.6 Å². The number of rotatable bonds is 7. The lowest BCUT2D eigenvalue weighted by Crippen LogP contribution is -2.32. The molecule has 1 amide bonds. The van der Waals surface area contributed by atoms with Crippen molar-refractivity contribution in [2.45, 2.75) is 19.4 Å². The van der Waals surface area contributed by atoms with Gasteiger partial charge in [0.25, 0.3) is 0 Å². The Morgan fingerprint density at radius 3 is 2.79 bits per heavy atom. The minimum atomic E-state index is -0.825. The molecule has 0 aliphatic heterocycles. The number of nitrogens with zero attached hydrogens (tertiary/aromatic N) is 3. The van der Waals surface area contributed by atoms with Gasteiger partial charge in [0.05, 0.1) is 19.8 Å². The van der Waals surface area contributed by atoms with Crippen LogP contribution in [-0.4, -0.2) is 46.8 Å². The number of benzene rings is 2. The van der Waals surface area contributed by atoms with E-state index in [1.165, 1.54) is 4.90 Å². The summed E-state index contributed by atoms with van der Waals surface area (Å²) >= 11 is 0. The Bertz CT molecular complexity index is 954. The predicted octanol–water partition coefficient (Wildman–Crippen LogP) is 2.79. The first kappa shape index (κ1) is 19.6. The lowest BCUT2D eigenvalue weighted by Gasteiger charge is -2.20. The topological polar surface area (TPSA) is 88.7 Å². The fraction of sp³-hybridized carbons (Fsp3) is 0.286. The molecule has 0 aliphatic carbocycles. The van der Waals surface area contributed by atoms with E-state index < -0.39 is 6.10 Å². The Kier molecular flexibility index (Phi) is 6.06. The number of amides is 1. The second kappa shape index (κ2) is 8.67. The van der Waals surface area contributed by atoms with Crippen molar-refractivity contribution in [2.24, 2.45) is 0 Å². The third-order valence-electron chi connectivity index (χ3n) is 4.51. The second-order valence-electron chi connectivity index (χ2n) is 6.57. The van der Waals surface area contributed by atoms with Gasteiger partial charge in [-0.15, -0.1) is 0 Å². The molecule has 7 heteroatoms. The zero-order chi connectivity index (χ0) is 20.1. The van der Waals surface area contributed by atoms with Gasteiger partial charge in [-0.05, 0) is 30.2 Å². The number of carbonyl (C=O) groups excluding carboxylic acids is 1. The number of aryl methyl sites for hydroxylation is 1. The molecule has 1 atom stereocenters. The van der Waals surface area contributed by atoms with Crippen molar-refractivity contribution >= 4 is 5.91 Å². The molecule has 146 valence electrons. The molecule has 0 spiro atoms. The van der Waals surface area contributed by atoms with Gasteiger partial charge in [-0.2, -0.15) is 4.98 Å². The summed E-state index contributed by atoms with van der Waals surface area (Å²) in [6, 6.07) is 14.8. The van der Waals surface area contributed by atoms with E-state index >= 15 is 0 Å². The molecule has 0 saturated carbocycles. The second-order valence-corrected chi connectivity index (χ2v) is 6.57. The van der Waals surface area contributed by atoms with E-state index in [1.807, 2.05) is 31.2 Å². The normalized spacial score (nSPS) is 11.9. The molecule has 2 aromatic carbocycles. The average molecular weight is 381 g/mol. The lowest BCUT2D eigenvalue weighted by atomic mass is 10.1. The third-order valence-corrected chi connectivity index (χ3v) is 4.51. The van der Waals surface area contributed by atoms with Crippen molar-refractivity contribution in [3.8, 4) is 17.1 Å². The molecule has 7 nitrogen and oxygen atoms in total. The zero-order valence-corrected chi connectivity index (χ0v) is 16.1. The summed E-state index contributed by atoms with van der Waals surface area (Å²) in [7, 11) is 3.20. The molecule has 1 aromatic heterocycles. The number of ether oxygens (including phenoxy) is 1. The molecule has 3 aromatic rings. The van der Waals surface area contributed by atoms with Gasteiger partial charge in [0.1, 0.15) is 12.2 Å². The van der Waals surface area contributed by atoms with Gasteiger partial charge in [-0.25, -0.2) is 0 Å². The van der Waals surface area contributed by atoms with Crippen LogP contribution in [-0.2, 0) is 11.2 Å². The van der Waals surface area contributed by atoms with Gasteiger partial charge in [0, 0.05) is 12.6 Å². The number of aliphatic hydroxyl groups excluding tert-OH is 1. The Hall–Kier alpha value is -3.19. The van der Waals surface area contributed by atoms with Gasteiger partial charge < -0.3 is 19.3 Å². The van der Waals surface area contributed by atoms with E-state index in [4.69, 9.17) is 9.26 Å². The van der Waals surface area contributed by atoms with Crippen LogP contribution in [0.25, 0.3) is 11.4 Å². The van der Waals surface area contributed by atoms with Gasteiger partial charge in [-0.1, -0.05) is 41.6 Å². The van der Waals surface area contributed by atoms with E-state index in [1.54, 1.807) is 38.4 Å². The maximum absolute atomic E-state index is 12.5. The van der Waals surface area contributed by atoms with Gasteiger partial charge in [0.15, 0.2) is 0 Å². The van der Waals surface area contributed by atoms with Crippen molar-refractivity contribution in [3.63, 3.8) is 0 Å². The highest BCUT2D eigenvalue weighted by Crippen LogP contribution is 2.21. The van der Waals surface area contributed by atoms with Crippen LogP contribution >= 0.6 is 0 Å². The van der Waals surface area contributed by atoms with E-state index in [-0.39, 0.29) is 24.8 Å². The smallest absolute Gasteiger partial charge is 0.236 e. The first-order chi connectivity index (χ1) is 13.5. The maximum atomic E-state index is 12.5. The van der Waals surface area contributed by atoms with E-state index in [2.05, 4.69) is 10.1 Å². The first-order valence-corrected chi connectivity index (χ1v) is 8.92. The molecule has 1 N–H and O–H groups in total.